The predicted octanol–water partition coefficient (Wildman–Crippen LogP) is 3.53. The minimum atomic E-state index is 0.428. The van der Waals surface area contributed by atoms with Gasteiger partial charge >= 0.3 is 0 Å². The quantitative estimate of drug-likeness (QED) is 0.835. The first-order valence-corrected chi connectivity index (χ1v) is 8.87. The smallest absolute Gasteiger partial charge is 0.157 e. The Morgan fingerprint density at radius 1 is 1.21 bits per heavy atom. The number of amidine groups is 1. The van der Waals surface area contributed by atoms with Crippen molar-refractivity contribution in [2.75, 3.05) is 6.54 Å². The van der Waals surface area contributed by atoms with Gasteiger partial charge in [-0.2, -0.15) is 0 Å². The van der Waals surface area contributed by atoms with E-state index in [1.165, 1.54) is 24.4 Å². The van der Waals surface area contributed by atoms with Crippen molar-refractivity contribution in [3.05, 3.63) is 0 Å². The van der Waals surface area contributed by atoms with Gasteiger partial charge < -0.3 is 5.32 Å². The first-order valence-electron chi connectivity index (χ1n) is 7.99. The number of aliphatic imine (C=N–C) groups is 1. The van der Waals surface area contributed by atoms with E-state index in [1.807, 2.05) is 11.8 Å². The molecule has 5 unspecified atom stereocenters. The molecule has 3 aliphatic carbocycles. The number of nitrogens with zero attached hydrogens (tertiary/aromatic N) is 1. The maximum absolute atomic E-state index is 4.75. The standard InChI is InChI=1S/C16H26N2S/c1-16(2,3)7-11-8-17-15(19-11)18-14-12-9-4-5-10(6-9)13(12)14/h9-14H,4-8H2,1-3H3,(H,17,18). The number of fused-ring (bicyclic) bond motifs is 5. The molecule has 0 radical (unpaired) electrons. The summed E-state index contributed by atoms with van der Waals surface area (Å²) in [6.45, 7) is 8.03. The van der Waals surface area contributed by atoms with Crippen LogP contribution in [0.5, 0.6) is 0 Å². The van der Waals surface area contributed by atoms with Gasteiger partial charge in [0, 0.05) is 11.3 Å². The summed E-state index contributed by atoms with van der Waals surface area (Å²) in [5.41, 5.74) is 0.428. The molecule has 0 aromatic carbocycles. The van der Waals surface area contributed by atoms with Crippen molar-refractivity contribution < 1.29 is 0 Å². The molecule has 4 rings (SSSR count). The molecule has 2 nitrogen and oxygen atoms in total. The van der Waals surface area contributed by atoms with Gasteiger partial charge in [0.2, 0.25) is 0 Å². The van der Waals surface area contributed by atoms with Gasteiger partial charge in [0.05, 0.1) is 6.54 Å². The predicted molar refractivity (Wildman–Crippen MR) is 82.5 cm³/mol. The zero-order valence-electron chi connectivity index (χ0n) is 12.4. The molecule has 3 fully saturated rings. The molecule has 0 spiro atoms. The van der Waals surface area contributed by atoms with Crippen LogP contribution >= 0.6 is 11.8 Å². The van der Waals surface area contributed by atoms with Gasteiger partial charge in [-0.15, -0.1) is 0 Å². The molecule has 2 bridgehead atoms. The van der Waals surface area contributed by atoms with Crippen LogP contribution in [0.3, 0.4) is 0 Å². The SMILES string of the molecule is CC(C)(C)CC1CN=C(NC2C3C4CCC(C4)C23)S1. The van der Waals surface area contributed by atoms with Gasteiger partial charge in [-0.05, 0) is 54.8 Å². The van der Waals surface area contributed by atoms with Crippen molar-refractivity contribution in [2.45, 2.75) is 57.7 Å². The number of nitrogens with one attached hydrogen (secondary N) is 1. The van der Waals surface area contributed by atoms with Crippen molar-refractivity contribution in [2.24, 2.45) is 34.1 Å². The van der Waals surface area contributed by atoms with E-state index in [9.17, 15) is 0 Å². The van der Waals surface area contributed by atoms with Crippen LogP contribution < -0.4 is 5.32 Å². The van der Waals surface area contributed by atoms with Crippen molar-refractivity contribution in [1.82, 2.24) is 5.32 Å². The lowest BCUT2D eigenvalue weighted by molar-refractivity contribution is 0.375. The summed E-state index contributed by atoms with van der Waals surface area (Å²) in [5.74, 6) is 4.15. The number of hydrogen-bond acceptors (Lipinski definition) is 3. The Balaban J connectivity index is 1.30. The van der Waals surface area contributed by atoms with Crippen molar-refractivity contribution in [3.8, 4) is 0 Å². The Kier molecular flexibility index (Phi) is 2.75. The summed E-state index contributed by atoms with van der Waals surface area (Å²) in [4.78, 5) is 4.75. The third kappa shape index (κ3) is 2.22. The summed E-state index contributed by atoms with van der Waals surface area (Å²) in [6, 6.07) is 0.797. The second-order valence-corrected chi connectivity index (χ2v) is 9.60. The van der Waals surface area contributed by atoms with Crippen LogP contribution in [0.1, 0.15) is 46.5 Å². The molecule has 3 saturated carbocycles. The molecule has 1 aliphatic heterocycles. The van der Waals surface area contributed by atoms with E-state index in [0.717, 1.165) is 36.3 Å². The molecule has 0 aromatic heterocycles. The third-order valence-corrected chi connectivity index (χ3v) is 6.70. The molecule has 106 valence electrons. The van der Waals surface area contributed by atoms with Gasteiger partial charge in [-0.3, -0.25) is 4.99 Å². The van der Waals surface area contributed by atoms with E-state index >= 15 is 0 Å². The lowest BCUT2D eigenvalue weighted by atomic mass is 9.90. The van der Waals surface area contributed by atoms with Gasteiger partial charge in [0.1, 0.15) is 0 Å². The van der Waals surface area contributed by atoms with Gasteiger partial charge in [-0.1, -0.05) is 32.5 Å². The van der Waals surface area contributed by atoms with Crippen LogP contribution in [-0.4, -0.2) is 23.0 Å². The zero-order valence-corrected chi connectivity index (χ0v) is 13.2. The average molecular weight is 278 g/mol. The maximum Gasteiger partial charge on any atom is 0.157 e. The van der Waals surface area contributed by atoms with E-state index in [1.54, 1.807) is 6.42 Å². The van der Waals surface area contributed by atoms with E-state index in [2.05, 4.69) is 26.1 Å². The molecule has 5 atom stereocenters. The molecule has 4 aliphatic rings. The molecule has 19 heavy (non-hydrogen) atoms. The molecule has 0 amide bonds. The molecular weight excluding hydrogens is 252 g/mol. The van der Waals surface area contributed by atoms with Crippen LogP contribution in [0, 0.1) is 29.1 Å². The van der Waals surface area contributed by atoms with Crippen molar-refractivity contribution in [3.63, 3.8) is 0 Å². The Labute approximate surface area is 121 Å². The van der Waals surface area contributed by atoms with Crippen molar-refractivity contribution >= 4 is 16.9 Å². The second kappa shape index (κ2) is 4.16. The minimum Gasteiger partial charge on any atom is -0.362 e. The summed E-state index contributed by atoms with van der Waals surface area (Å²) >= 11 is 2.01. The fourth-order valence-electron chi connectivity index (χ4n) is 4.95. The first-order chi connectivity index (χ1) is 9.01. The Bertz CT molecular complexity index is 395. The molecule has 0 aromatic rings. The number of rotatable bonds is 2. The summed E-state index contributed by atoms with van der Waals surface area (Å²) in [5, 5.41) is 5.75. The molecule has 3 heteroatoms. The highest BCUT2D eigenvalue weighted by Crippen LogP contribution is 2.65. The lowest BCUT2D eigenvalue weighted by Gasteiger charge is -2.21. The average Bonchev–Trinajstić information content (AvgIpc) is 2.73. The van der Waals surface area contributed by atoms with Crippen LogP contribution in [-0.2, 0) is 0 Å². The molecule has 1 heterocycles. The number of hydrogen-bond donors (Lipinski definition) is 1. The first kappa shape index (κ1) is 12.6. The second-order valence-electron chi connectivity index (χ2n) is 8.31. The highest BCUT2D eigenvalue weighted by atomic mass is 32.2. The lowest BCUT2D eigenvalue weighted by Crippen LogP contribution is -2.27. The van der Waals surface area contributed by atoms with Crippen LogP contribution in [0.4, 0.5) is 0 Å². The van der Waals surface area contributed by atoms with Gasteiger partial charge in [0.15, 0.2) is 5.17 Å². The molecular formula is C16H26N2S. The largest absolute Gasteiger partial charge is 0.362 e. The molecule has 0 saturated heterocycles. The number of thioether (sulfide) groups is 1. The normalized spacial score (nSPS) is 47.2. The van der Waals surface area contributed by atoms with Crippen LogP contribution in [0.25, 0.3) is 0 Å². The van der Waals surface area contributed by atoms with Gasteiger partial charge in [0.25, 0.3) is 0 Å². The van der Waals surface area contributed by atoms with Crippen molar-refractivity contribution in [1.29, 1.82) is 0 Å². The summed E-state index contributed by atoms with van der Waals surface area (Å²) in [6.07, 6.45) is 5.83. The maximum atomic E-state index is 4.75. The topological polar surface area (TPSA) is 24.4 Å². The molecule has 1 N–H and O–H groups in total. The van der Waals surface area contributed by atoms with E-state index < -0.39 is 0 Å². The highest BCUT2D eigenvalue weighted by molar-refractivity contribution is 8.14. The highest BCUT2D eigenvalue weighted by Gasteiger charge is 2.65. The van der Waals surface area contributed by atoms with E-state index in [0.29, 0.717) is 10.7 Å². The zero-order chi connectivity index (χ0) is 13.2. The van der Waals surface area contributed by atoms with E-state index in [4.69, 9.17) is 4.99 Å². The van der Waals surface area contributed by atoms with Crippen LogP contribution in [0.15, 0.2) is 4.99 Å². The summed E-state index contributed by atoms with van der Waals surface area (Å²) < 4.78 is 0. The fourth-order valence-corrected chi connectivity index (χ4v) is 6.35. The Hall–Kier alpha value is -0.180. The van der Waals surface area contributed by atoms with E-state index in [-0.39, 0.29) is 0 Å². The van der Waals surface area contributed by atoms with Crippen LogP contribution in [0.2, 0.25) is 0 Å². The third-order valence-electron chi connectivity index (χ3n) is 5.58. The van der Waals surface area contributed by atoms with Gasteiger partial charge in [-0.25, -0.2) is 0 Å². The Morgan fingerprint density at radius 2 is 1.89 bits per heavy atom. The Morgan fingerprint density at radius 3 is 2.53 bits per heavy atom. The monoisotopic (exact) mass is 278 g/mol. The minimum absolute atomic E-state index is 0.428. The fraction of sp³-hybridized carbons (Fsp3) is 0.938. The summed E-state index contributed by atoms with van der Waals surface area (Å²) in [7, 11) is 0.